The smallest absolute Gasteiger partial charge is 0.249 e. The molecular weight excluding hydrogens is 264 g/mol. The first-order valence-electron chi connectivity index (χ1n) is 7.18. The van der Waals surface area contributed by atoms with E-state index in [1.54, 1.807) is 0 Å². The Morgan fingerprint density at radius 2 is 2.05 bits per heavy atom. The van der Waals surface area contributed by atoms with Gasteiger partial charge in [-0.25, -0.2) is 0 Å². The summed E-state index contributed by atoms with van der Waals surface area (Å²) >= 11 is 0. The summed E-state index contributed by atoms with van der Waals surface area (Å²) in [6, 6.07) is 5.68. The van der Waals surface area contributed by atoms with Crippen molar-refractivity contribution < 1.29 is 9.59 Å². The maximum Gasteiger partial charge on any atom is 0.249 e. The van der Waals surface area contributed by atoms with Crippen LogP contribution in [0.5, 0.6) is 0 Å². The van der Waals surface area contributed by atoms with Crippen LogP contribution in [0.2, 0.25) is 0 Å². The monoisotopic (exact) mass is 282 g/mol. The maximum atomic E-state index is 12.1. The van der Waals surface area contributed by atoms with E-state index in [1.807, 2.05) is 16.7 Å². The lowest BCUT2D eigenvalue weighted by molar-refractivity contribution is -0.135. The average molecular weight is 282 g/mol. The van der Waals surface area contributed by atoms with E-state index >= 15 is 0 Å². The third kappa shape index (κ3) is 1.98. The molecule has 1 aliphatic heterocycles. The van der Waals surface area contributed by atoms with E-state index in [0.717, 1.165) is 27.9 Å². The lowest BCUT2D eigenvalue weighted by Gasteiger charge is -2.23. The molecule has 1 aliphatic rings. The maximum absolute atomic E-state index is 12.1. The van der Waals surface area contributed by atoms with Gasteiger partial charge in [-0.2, -0.15) is 0 Å². The Labute approximate surface area is 122 Å². The Morgan fingerprint density at radius 3 is 2.71 bits per heavy atom. The van der Waals surface area contributed by atoms with E-state index in [9.17, 15) is 9.59 Å². The molecule has 0 aliphatic carbocycles. The summed E-state index contributed by atoms with van der Waals surface area (Å²) in [5.74, 6) is -0.474. The van der Waals surface area contributed by atoms with Crippen LogP contribution in [-0.2, 0) is 16.0 Å². The van der Waals surface area contributed by atoms with Gasteiger partial charge >= 0.3 is 0 Å². The number of imide groups is 1. The molecular formula is C17H18N2O2. The van der Waals surface area contributed by atoms with Gasteiger partial charge in [0.2, 0.25) is 11.8 Å². The highest BCUT2D eigenvalue weighted by Crippen LogP contribution is 2.19. The second kappa shape index (κ2) is 4.88. The van der Waals surface area contributed by atoms with Crippen LogP contribution in [0.4, 0.5) is 0 Å². The van der Waals surface area contributed by atoms with Gasteiger partial charge in [0, 0.05) is 27.9 Å². The molecule has 1 unspecified atom stereocenters. The van der Waals surface area contributed by atoms with Gasteiger partial charge in [0.15, 0.2) is 0 Å². The van der Waals surface area contributed by atoms with Crippen molar-refractivity contribution in [3.8, 4) is 0 Å². The molecule has 0 spiro atoms. The fourth-order valence-corrected chi connectivity index (χ4v) is 3.19. The fourth-order valence-electron chi connectivity index (χ4n) is 3.19. The number of rotatable bonds is 2. The van der Waals surface area contributed by atoms with Crippen LogP contribution in [0, 0.1) is 0 Å². The molecule has 3 rings (SSSR count). The third-order valence-electron chi connectivity index (χ3n) is 4.23. The van der Waals surface area contributed by atoms with Crippen molar-refractivity contribution in [2.75, 3.05) is 0 Å². The van der Waals surface area contributed by atoms with Crippen LogP contribution in [0.3, 0.4) is 0 Å². The zero-order chi connectivity index (χ0) is 15.1. The number of nitrogens with zero attached hydrogens (tertiary/aromatic N) is 1. The molecule has 2 aromatic rings. The first kappa shape index (κ1) is 13.6. The number of carbonyl (C=O) groups excluding carboxylic acids is 2. The van der Waals surface area contributed by atoms with Crippen LogP contribution < -0.4 is 16.0 Å². The minimum Gasteiger partial charge on any atom is -0.329 e. The normalized spacial score (nSPS) is 19.0. The minimum absolute atomic E-state index is 0.210. The molecule has 2 heterocycles. The molecule has 21 heavy (non-hydrogen) atoms. The number of piperidine rings is 1. The molecule has 0 radical (unpaired) electrons. The lowest BCUT2D eigenvalue weighted by Crippen LogP contribution is -2.46. The molecule has 108 valence electrons. The zero-order valence-corrected chi connectivity index (χ0v) is 12.1. The van der Waals surface area contributed by atoms with Gasteiger partial charge in [0.05, 0.1) is 0 Å². The highest BCUT2D eigenvalue weighted by molar-refractivity contribution is 6.00. The molecule has 0 bridgehead atoms. The molecule has 0 saturated carbocycles. The first-order chi connectivity index (χ1) is 10.0. The van der Waals surface area contributed by atoms with Crippen molar-refractivity contribution in [3.63, 3.8) is 0 Å². The average Bonchev–Trinajstić information content (AvgIpc) is 2.72. The minimum atomic E-state index is -0.403. The number of aromatic nitrogens is 1. The summed E-state index contributed by atoms with van der Waals surface area (Å²) in [5, 5.41) is 6.11. The van der Waals surface area contributed by atoms with Crippen molar-refractivity contribution in [3.05, 3.63) is 34.5 Å². The second-order valence-electron chi connectivity index (χ2n) is 5.42. The molecule has 1 N–H and O–H groups in total. The van der Waals surface area contributed by atoms with Crippen LogP contribution in [0.25, 0.3) is 23.9 Å². The molecule has 4 heteroatoms. The van der Waals surface area contributed by atoms with Gasteiger partial charge in [0.25, 0.3) is 0 Å². The Balaban J connectivity index is 2.25. The van der Waals surface area contributed by atoms with E-state index in [-0.39, 0.29) is 11.8 Å². The summed E-state index contributed by atoms with van der Waals surface area (Å²) in [5.41, 5.74) is 1.20. The highest BCUT2D eigenvalue weighted by atomic mass is 16.2. The number of benzene rings is 1. The first-order valence-corrected chi connectivity index (χ1v) is 7.18. The van der Waals surface area contributed by atoms with Gasteiger partial charge in [0.1, 0.15) is 6.04 Å². The number of fused-ring (bicyclic) bond motifs is 1. The predicted octanol–water partition coefficient (Wildman–Crippen LogP) is 1.00. The molecule has 1 aromatic heterocycles. The van der Waals surface area contributed by atoms with E-state index in [0.29, 0.717) is 12.8 Å². The summed E-state index contributed by atoms with van der Waals surface area (Å²) < 4.78 is 1.88. The largest absolute Gasteiger partial charge is 0.329 e. The Kier molecular flexibility index (Phi) is 3.16. The lowest BCUT2D eigenvalue weighted by atomic mass is 10.1. The molecule has 1 fully saturated rings. The number of carbonyl (C=O) groups is 2. The third-order valence-corrected chi connectivity index (χ3v) is 4.23. The fraction of sp³-hybridized carbons (Fsp3) is 0.294. The number of hydrogen-bond donors (Lipinski definition) is 1. The molecule has 1 aromatic carbocycles. The van der Waals surface area contributed by atoms with Crippen LogP contribution in [-0.4, -0.2) is 16.4 Å². The van der Waals surface area contributed by atoms with Gasteiger partial charge < -0.3 is 4.57 Å². The number of nitrogens with one attached hydrogen (secondary N) is 1. The topological polar surface area (TPSA) is 51.1 Å². The summed E-state index contributed by atoms with van der Waals surface area (Å²) in [6.07, 6.45) is 1.75. The van der Waals surface area contributed by atoms with Gasteiger partial charge in [-0.3, -0.25) is 14.9 Å². The summed E-state index contributed by atoms with van der Waals surface area (Å²) in [4.78, 5) is 23.5. The Morgan fingerprint density at radius 1 is 1.29 bits per heavy atom. The van der Waals surface area contributed by atoms with E-state index < -0.39 is 6.04 Å². The van der Waals surface area contributed by atoms with E-state index in [2.05, 4.69) is 31.5 Å². The second-order valence-corrected chi connectivity index (χ2v) is 5.42. The van der Waals surface area contributed by atoms with Crippen LogP contribution >= 0.6 is 0 Å². The van der Waals surface area contributed by atoms with Crippen LogP contribution in [0.1, 0.15) is 31.4 Å². The van der Waals surface area contributed by atoms with Crippen LogP contribution in [0.15, 0.2) is 18.2 Å². The molecule has 2 amide bonds. The summed E-state index contributed by atoms with van der Waals surface area (Å²) in [7, 11) is 0. The molecule has 1 saturated heterocycles. The van der Waals surface area contributed by atoms with Crippen molar-refractivity contribution in [1.82, 2.24) is 9.88 Å². The number of aryl methyl sites for hydroxylation is 1. The molecule has 4 nitrogen and oxygen atoms in total. The standard InChI is InChI=1S/C17H18N2O2/c1-4-12-6-5-7-13-10(2)19(11(3)16(12)13)14-8-9-15(20)18-17(14)21/h5-7,14H,2-4,8-9H2,1H3,(H,18,20,21). The van der Waals surface area contributed by atoms with Crippen molar-refractivity contribution in [1.29, 1.82) is 0 Å². The van der Waals surface area contributed by atoms with Gasteiger partial charge in [-0.1, -0.05) is 38.3 Å². The Bertz CT molecular complexity index is 848. The highest BCUT2D eigenvalue weighted by Gasteiger charge is 2.29. The summed E-state index contributed by atoms with van der Waals surface area (Å²) in [6.45, 7) is 10.4. The predicted molar refractivity (Wildman–Crippen MR) is 83.0 cm³/mol. The van der Waals surface area contributed by atoms with Crippen molar-refractivity contribution >= 4 is 35.7 Å². The molecule has 1 atom stereocenters. The SMILES string of the molecule is C=c1c2cccc(CC)c2c(=C)n1C1CCC(=O)NC1=O. The van der Waals surface area contributed by atoms with Crippen molar-refractivity contribution in [2.45, 2.75) is 32.2 Å². The van der Waals surface area contributed by atoms with E-state index in [1.165, 1.54) is 5.56 Å². The van der Waals surface area contributed by atoms with E-state index in [4.69, 9.17) is 0 Å². The Hall–Kier alpha value is -2.36. The number of hydrogen-bond acceptors (Lipinski definition) is 2. The zero-order valence-electron chi connectivity index (χ0n) is 12.1. The quantitative estimate of drug-likeness (QED) is 0.836. The van der Waals surface area contributed by atoms with Gasteiger partial charge in [-0.05, 0) is 18.4 Å². The van der Waals surface area contributed by atoms with Crippen molar-refractivity contribution in [2.24, 2.45) is 0 Å². The van der Waals surface area contributed by atoms with Gasteiger partial charge in [-0.15, -0.1) is 0 Å². The number of amides is 2.